The number of carbonyl (C=O) groups excluding carboxylic acids is 2. The number of benzene rings is 1. The van der Waals surface area contributed by atoms with Crippen molar-refractivity contribution < 1.29 is 23.9 Å². The van der Waals surface area contributed by atoms with E-state index in [-0.39, 0.29) is 29.1 Å². The number of aromatic carboxylic acids is 1. The van der Waals surface area contributed by atoms with E-state index in [4.69, 9.17) is 9.52 Å². The monoisotopic (exact) mass is 356 g/mol. The number of hydrogen-bond donors (Lipinski definition) is 2. The van der Waals surface area contributed by atoms with Crippen molar-refractivity contribution in [3.8, 4) is 0 Å². The van der Waals surface area contributed by atoms with Crippen LogP contribution >= 0.6 is 0 Å². The zero-order valence-corrected chi connectivity index (χ0v) is 14.2. The highest BCUT2D eigenvalue weighted by molar-refractivity contribution is 5.95. The molecule has 0 bridgehead atoms. The van der Waals surface area contributed by atoms with Crippen LogP contribution in [-0.2, 0) is 11.3 Å². The van der Waals surface area contributed by atoms with Crippen LogP contribution in [0.2, 0.25) is 0 Å². The molecule has 1 aromatic carbocycles. The fraction of sp³-hybridized carbons (Fsp3) is 0.316. The molecule has 1 aliphatic heterocycles. The maximum atomic E-state index is 12.4. The Morgan fingerprint density at radius 2 is 1.85 bits per heavy atom. The molecular formula is C19H20N2O5. The summed E-state index contributed by atoms with van der Waals surface area (Å²) in [5.41, 5.74) is 0.990. The van der Waals surface area contributed by atoms with Crippen LogP contribution in [-0.4, -0.2) is 40.9 Å². The first kappa shape index (κ1) is 17.7. The van der Waals surface area contributed by atoms with Crippen LogP contribution in [0.1, 0.15) is 39.3 Å². The van der Waals surface area contributed by atoms with E-state index >= 15 is 0 Å². The molecule has 0 saturated carbocycles. The molecule has 1 aliphatic rings. The molecule has 0 radical (unpaired) electrons. The normalized spacial score (nSPS) is 14.8. The van der Waals surface area contributed by atoms with Gasteiger partial charge in [-0.3, -0.25) is 9.59 Å². The van der Waals surface area contributed by atoms with Crippen molar-refractivity contribution in [2.24, 2.45) is 5.92 Å². The topological polar surface area (TPSA) is 99.8 Å². The number of amides is 2. The van der Waals surface area contributed by atoms with Crippen molar-refractivity contribution in [2.45, 2.75) is 19.4 Å². The average Bonchev–Trinajstić information content (AvgIpc) is 3.17. The number of carbonyl (C=O) groups is 3. The molecule has 0 spiro atoms. The molecular weight excluding hydrogens is 336 g/mol. The Labute approximate surface area is 150 Å². The van der Waals surface area contributed by atoms with Crippen LogP contribution in [0.25, 0.3) is 0 Å². The van der Waals surface area contributed by atoms with Gasteiger partial charge >= 0.3 is 5.97 Å². The van der Waals surface area contributed by atoms with Crippen molar-refractivity contribution in [1.82, 2.24) is 10.2 Å². The fourth-order valence-electron chi connectivity index (χ4n) is 2.99. The van der Waals surface area contributed by atoms with Crippen molar-refractivity contribution >= 4 is 17.8 Å². The fourth-order valence-corrected chi connectivity index (χ4v) is 2.99. The number of nitrogens with one attached hydrogen (secondary N) is 1. The second-order valence-corrected chi connectivity index (χ2v) is 6.27. The van der Waals surface area contributed by atoms with Gasteiger partial charge in [0.15, 0.2) is 5.76 Å². The molecule has 136 valence electrons. The van der Waals surface area contributed by atoms with Gasteiger partial charge in [0, 0.05) is 31.6 Å². The number of likely N-dealkylation sites (tertiary alicyclic amines) is 1. The van der Waals surface area contributed by atoms with Gasteiger partial charge in [-0.1, -0.05) is 30.3 Å². The number of carboxylic acid groups (broad SMARTS) is 1. The predicted octanol–water partition coefficient (Wildman–Crippen LogP) is 2.15. The molecule has 2 N–H and O–H groups in total. The average molecular weight is 356 g/mol. The standard InChI is InChI=1S/C19H20N2O5/c22-17(20-11-13-4-2-1-3-5-13)14-6-8-21(9-7-14)18(23)16-10-15(12-26-16)19(24)25/h1-5,10,12,14H,6-9,11H2,(H,20,22)(H,24,25). The van der Waals surface area contributed by atoms with Gasteiger partial charge in [-0.25, -0.2) is 4.79 Å². The van der Waals surface area contributed by atoms with Crippen molar-refractivity contribution in [3.05, 3.63) is 59.5 Å². The maximum absolute atomic E-state index is 12.4. The van der Waals surface area contributed by atoms with Gasteiger partial charge in [-0.2, -0.15) is 0 Å². The summed E-state index contributed by atoms with van der Waals surface area (Å²) >= 11 is 0. The minimum atomic E-state index is -1.14. The molecule has 26 heavy (non-hydrogen) atoms. The molecule has 1 saturated heterocycles. The molecule has 2 aromatic rings. The lowest BCUT2D eigenvalue weighted by atomic mass is 9.95. The van der Waals surface area contributed by atoms with Gasteiger partial charge in [-0.15, -0.1) is 0 Å². The van der Waals surface area contributed by atoms with Crippen LogP contribution in [0.3, 0.4) is 0 Å². The summed E-state index contributed by atoms with van der Waals surface area (Å²) in [7, 11) is 0. The molecule has 0 unspecified atom stereocenters. The minimum absolute atomic E-state index is 0.00730. The summed E-state index contributed by atoms with van der Waals surface area (Å²) in [6, 6.07) is 10.9. The molecule has 1 fully saturated rings. The van der Waals surface area contributed by atoms with E-state index < -0.39 is 5.97 Å². The van der Waals surface area contributed by atoms with Crippen LogP contribution in [0.4, 0.5) is 0 Å². The lowest BCUT2D eigenvalue weighted by Gasteiger charge is -2.30. The number of carboxylic acids is 1. The third-order valence-corrected chi connectivity index (χ3v) is 4.52. The largest absolute Gasteiger partial charge is 0.478 e. The zero-order chi connectivity index (χ0) is 18.5. The smallest absolute Gasteiger partial charge is 0.338 e. The molecule has 7 nitrogen and oxygen atoms in total. The maximum Gasteiger partial charge on any atom is 0.338 e. The summed E-state index contributed by atoms with van der Waals surface area (Å²) in [5.74, 6) is -1.61. The Morgan fingerprint density at radius 3 is 2.46 bits per heavy atom. The van der Waals surface area contributed by atoms with Crippen LogP contribution in [0.15, 0.2) is 47.1 Å². The first-order valence-electron chi connectivity index (χ1n) is 8.47. The molecule has 0 aliphatic carbocycles. The van der Waals surface area contributed by atoms with Gasteiger partial charge < -0.3 is 19.7 Å². The SMILES string of the molecule is O=C(O)c1coc(C(=O)N2CCC(C(=O)NCc3ccccc3)CC2)c1. The summed E-state index contributed by atoms with van der Waals surface area (Å²) in [5, 5.41) is 11.8. The van der Waals surface area contributed by atoms with E-state index in [1.807, 2.05) is 30.3 Å². The van der Waals surface area contributed by atoms with Crippen molar-refractivity contribution in [3.63, 3.8) is 0 Å². The van der Waals surface area contributed by atoms with E-state index in [1.54, 1.807) is 4.90 Å². The summed E-state index contributed by atoms with van der Waals surface area (Å²) in [4.78, 5) is 37.1. The summed E-state index contributed by atoms with van der Waals surface area (Å²) in [6.45, 7) is 1.36. The molecule has 2 heterocycles. The highest BCUT2D eigenvalue weighted by atomic mass is 16.4. The Balaban J connectivity index is 1.49. The van der Waals surface area contributed by atoms with Gasteiger partial charge in [-0.05, 0) is 18.4 Å². The number of nitrogens with zero attached hydrogens (tertiary/aromatic N) is 1. The van der Waals surface area contributed by atoms with E-state index in [1.165, 1.54) is 6.07 Å². The van der Waals surface area contributed by atoms with Crippen LogP contribution in [0, 0.1) is 5.92 Å². The Hall–Kier alpha value is -3.09. The van der Waals surface area contributed by atoms with E-state index in [0.717, 1.165) is 11.8 Å². The summed E-state index contributed by atoms with van der Waals surface area (Å²) < 4.78 is 5.05. The Kier molecular flexibility index (Phi) is 5.36. The Bertz CT molecular complexity index is 791. The lowest BCUT2D eigenvalue weighted by molar-refractivity contribution is -0.126. The number of furan rings is 1. The highest BCUT2D eigenvalue weighted by Gasteiger charge is 2.29. The molecule has 7 heteroatoms. The van der Waals surface area contributed by atoms with Gasteiger partial charge in [0.25, 0.3) is 5.91 Å². The number of piperidine rings is 1. The molecule has 3 rings (SSSR count). The summed E-state index contributed by atoms with van der Waals surface area (Å²) in [6.07, 6.45) is 2.19. The number of rotatable bonds is 5. The molecule has 2 amide bonds. The van der Waals surface area contributed by atoms with E-state index in [2.05, 4.69) is 5.32 Å². The first-order chi connectivity index (χ1) is 12.5. The Morgan fingerprint density at radius 1 is 1.15 bits per heavy atom. The van der Waals surface area contributed by atoms with Gasteiger partial charge in [0.05, 0.1) is 5.56 Å². The number of hydrogen-bond acceptors (Lipinski definition) is 4. The second-order valence-electron chi connectivity index (χ2n) is 6.27. The highest BCUT2D eigenvalue weighted by Crippen LogP contribution is 2.20. The quantitative estimate of drug-likeness (QED) is 0.855. The van der Waals surface area contributed by atoms with Crippen molar-refractivity contribution in [1.29, 1.82) is 0 Å². The third-order valence-electron chi connectivity index (χ3n) is 4.52. The van der Waals surface area contributed by atoms with Crippen molar-refractivity contribution in [2.75, 3.05) is 13.1 Å². The first-order valence-corrected chi connectivity index (χ1v) is 8.47. The lowest BCUT2D eigenvalue weighted by Crippen LogP contribution is -2.42. The van der Waals surface area contributed by atoms with Gasteiger partial charge in [0.1, 0.15) is 6.26 Å². The minimum Gasteiger partial charge on any atom is -0.478 e. The second kappa shape index (κ2) is 7.86. The molecule has 1 aromatic heterocycles. The van der Waals surface area contributed by atoms with Gasteiger partial charge in [0.2, 0.25) is 5.91 Å². The predicted molar refractivity (Wildman–Crippen MR) is 92.6 cm³/mol. The van der Waals surface area contributed by atoms with Crippen LogP contribution in [0.5, 0.6) is 0 Å². The van der Waals surface area contributed by atoms with Crippen LogP contribution < -0.4 is 5.32 Å². The van der Waals surface area contributed by atoms with E-state index in [9.17, 15) is 14.4 Å². The van der Waals surface area contributed by atoms with E-state index in [0.29, 0.717) is 32.5 Å². The zero-order valence-electron chi connectivity index (χ0n) is 14.2. The molecule has 0 atom stereocenters. The third kappa shape index (κ3) is 4.11.